The maximum Gasteiger partial charge on any atom is 0.0492 e. The summed E-state index contributed by atoms with van der Waals surface area (Å²) in [5, 5.41) is 4.31. The number of aryl methyl sites for hydroxylation is 1. The molecule has 0 fully saturated rings. The summed E-state index contributed by atoms with van der Waals surface area (Å²) in [5.74, 6) is 1.49. The van der Waals surface area contributed by atoms with Gasteiger partial charge in [-0.2, -0.15) is 5.10 Å². The number of aromatic nitrogens is 2. The number of rotatable bonds is 1. The smallest absolute Gasteiger partial charge is 0.0492 e. The molecule has 1 unspecified atom stereocenters. The Morgan fingerprint density at radius 3 is 3.17 bits per heavy atom. The molecule has 2 heteroatoms. The molecule has 12 heavy (non-hydrogen) atoms. The fraction of sp³-hybridized carbons (Fsp3) is 0.700. The van der Waals surface area contributed by atoms with Crippen molar-refractivity contribution >= 4 is 0 Å². The lowest BCUT2D eigenvalue weighted by Gasteiger charge is -2.26. The van der Waals surface area contributed by atoms with E-state index in [0.29, 0.717) is 0 Å². The Morgan fingerprint density at radius 1 is 1.58 bits per heavy atom. The van der Waals surface area contributed by atoms with Crippen molar-refractivity contribution in [1.82, 2.24) is 9.78 Å². The summed E-state index contributed by atoms with van der Waals surface area (Å²) in [6.45, 7) is 5.71. The first-order valence-electron chi connectivity index (χ1n) is 4.80. The Labute approximate surface area is 73.6 Å². The summed E-state index contributed by atoms with van der Waals surface area (Å²) in [6, 6.07) is 2.17. The Morgan fingerprint density at radius 2 is 2.42 bits per heavy atom. The standard InChI is InChI=1S/C10H16N2/c1-8(2)9-4-3-7-12-10(9)5-6-11-12/h5-6,8-9H,3-4,7H2,1-2H3. The minimum Gasteiger partial charge on any atom is -0.269 e. The van der Waals surface area contributed by atoms with Crippen LogP contribution in [0, 0.1) is 5.92 Å². The minimum atomic E-state index is 0.737. The maximum absolute atomic E-state index is 4.31. The van der Waals surface area contributed by atoms with Crippen LogP contribution in [0.1, 0.15) is 38.3 Å². The quantitative estimate of drug-likeness (QED) is 0.623. The lowest BCUT2D eigenvalue weighted by Crippen LogP contribution is -2.19. The predicted octanol–water partition coefficient (Wildman–Crippen LogP) is 2.42. The van der Waals surface area contributed by atoms with Crippen molar-refractivity contribution in [3.05, 3.63) is 18.0 Å². The van der Waals surface area contributed by atoms with E-state index in [9.17, 15) is 0 Å². The first-order valence-corrected chi connectivity index (χ1v) is 4.80. The van der Waals surface area contributed by atoms with Crippen molar-refractivity contribution in [3.8, 4) is 0 Å². The van der Waals surface area contributed by atoms with E-state index < -0.39 is 0 Å². The molecule has 66 valence electrons. The summed E-state index contributed by atoms with van der Waals surface area (Å²) in [5.41, 5.74) is 1.44. The Balaban J connectivity index is 2.31. The van der Waals surface area contributed by atoms with Crippen molar-refractivity contribution in [2.45, 2.75) is 39.2 Å². The fourth-order valence-corrected chi connectivity index (χ4v) is 2.13. The van der Waals surface area contributed by atoms with Crippen LogP contribution < -0.4 is 0 Å². The monoisotopic (exact) mass is 164 g/mol. The summed E-state index contributed by atoms with van der Waals surface area (Å²) in [6.07, 6.45) is 4.55. The van der Waals surface area contributed by atoms with E-state index in [1.165, 1.54) is 18.5 Å². The van der Waals surface area contributed by atoms with Crippen molar-refractivity contribution in [1.29, 1.82) is 0 Å². The molecule has 1 aromatic rings. The molecule has 1 aliphatic rings. The molecular formula is C10H16N2. The SMILES string of the molecule is CC(C)C1CCCn2nccc21. The van der Waals surface area contributed by atoms with Gasteiger partial charge < -0.3 is 0 Å². The zero-order valence-corrected chi connectivity index (χ0v) is 7.83. The molecule has 0 N–H and O–H groups in total. The Hall–Kier alpha value is -0.790. The molecule has 2 heterocycles. The highest BCUT2D eigenvalue weighted by Crippen LogP contribution is 2.32. The third-order valence-corrected chi connectivity index (χ3v) is 2.82. The summed E-state index contributed by atoms with van der Waals surface area (Å²) < 4.78 is 2.16. The van der Waals surface area contributed by atoms with Crippen LogP contribution in [0.25, 0.3) is 0 Å². The number of hydrogen-bond donors (Lipinski definition) is 0. The topological polar surface area (TPSA) is 17.8 Å². The van der Waals surface area contributed by atoms with E-state index >= 15 is 0 Å². The summed E-state index contributed by atoms with van der Waals surface area (Å²) in [7, 11) is 0. The summed E-state index contributed by atoms with van der Waals surface area (Å²) in [4.78, 5) is 0. The van der Waals surface area contributed by atoms with Gasteiger partial charge in [0.05, 0.1) is 0 Å². The van der Waals surface area contributed by atoms with E-state index in [1.54, 1.807) is 0 Å². The summed E-state index contributed by atoms with van der Waals surface area (Å²) >= 11 is 0. The van der Waals surface area contributed by atoms with Gasteiger partial charge >= 0.3 is 0 Å². The molecule has 1 aromatic heterocycles. The molecule has 0 spiro atoms. The molecule has 1 atom stereocenters. The van der Waals surface area contributed by atoms with Gasteiger partial charge in [0, 0.05) is 24.4 Å². The fourth-order valence-electron chi connectivity index (χ4n) is 2.13. The third-order valence-electron chi connectivity index (χ3n) is 2.82. The Bertz CT molecular complexity index is 263. The van der Waals surface area contributed by atoms with Crippen LogP contribution in [0.2, 0.25) is 0 Å². The van der Waals surface area contributed by atoms with Gasteiger partial charge in [-0.1, -0.05) is 13.8 Å². The highest BCUT2D eigenvalue weighted by molar-refractivity contribution is 5.10. The second-order valence-electron chi connectivity index (χ2n) is 3.97. The van der Waals surface area contributed by atoms with Gasteiger partial charge in [0.25, 0.3) is 0 Å². The minimum absolute atomic E-state index is 0.737. The molecule has 1 aliphatic heterocycles. The average Bonchev–Trinajstić information content (AvgIpc) is 2.49. The predicted molar refractivity (Wildman–Crippen MR) is 49.0 cm³/mol. The first-order chi connectivity index (χ1) is 5.79. The zero-order valence-electron chi connectivity index (χ0n) is 7.83. The normalized spacial score (nSPS) is 22.8. The zero-order chi connectivity index (χ0) is 8.55. The first kappa shape index (κ1) is 7.84. The molecular weight excluding hydrogens is 148 g/mol. The number of hydrogen-bond acceptors (Lipinski definition) is 1. The molecule has 0 aliphatic carbocycles. The molecule has 0 bridgehead atoms. The van der Waals surface area contributed by atoms with Crippen LogP contribution in [0.15, 0.2) is 12.3 Å². The Kier molecular flexibility index (Phi) is 1.91. The highest BCUT2D eigenvalue weighted by atomic mass is 15.3. The second kappa shape index (κ2) is 2.92. The van der Waals surface area contributed by atoms with E-state index in [4.69, 9.17) is 0 Å². The van der Waals surface area contributed by atoms with Crippen LogP contribution >= 0.6 is 0 Å². The maximum atomic E-state index is 4.31. The van der Waals surface area contributed by atoms with Gasteiger partial charge in [0.1, 0.15) is 0 Å². The van der Waals surface area contributed by atoms with Gasteiger partial charge in [0.2, 0.25) is 0 Å². The average molecular weight is 164 g/mol. The van der Waals surface area contributed by atoms with Crippen LogP contribution in [0.4, 0.5) is 0 Å². The lowest BCUT2D eigenvalue weighted by atomic mass is 9.86. The highest BCUT2D eigenvalue weighted by Gasteiger charge is 2.22. The van der Waals surface area contributed by atoms with Crippen LogP contribution in [0.5, 0.6) is 0 Å². The van der Waals surface area contributed by atoms with Gasteiger partial charge in [-0.3, -0.25) is 4.68 Å². The van der Waals surface area contributed by atoms with Crippen molar-refractivity contribution in [2.75, 3.05) is 0 Å². The molecule has 0 saturated heterocycles. The molecule has 0 aromatic carbocycles. The number of fused-ring (bicyclic) bond motifs is 1. The van der Waals surface area contributed by atoms with Crippen LogP contribution in [0.3, 0.4) is 0 Å². The third kappa shape index (κ3) is 1.15. The van der Waals surface area contributed by atoms with Crippen molar-refractivity contribution < 1.29 is 0 Å². The van der Waals surface area contributed by atoms with E-state index in [1.807, 2.05) is 6.20 Å². The van der Waals surface area contributed by atoms with E-state index in [2.05, 4.69) is 29.7 Å². The van der Waals surface area contributed by atoms with Gasteiger partial charge in [-0.25, -0.2) is 0 Å². The molecule has 0 amide bonds. The van der Waals surface area contributed by atoms with Gasteiger partial charge in [-0.05, 0) is 24.8 Å². The van der Waals surface area contributed by atoms with Gasteiger partial charge in [0.15, 0.2) is 0 Å². The van der Waals surface area contributed by atoms with E-state index in [0.717, 1.165) is 18.4 Å². The van der Waals surface area contributed by atoms with Crippen LogP contribution in [-0.2, 0) is 6.54 Å². The lowest BCUT2D eigenvalue weighted by molar-refractivity contribution is 0.359. The molecule has 2 rings (SSSR count). The van der Waals surface area contributed by atoms with Crippen molar-refractivity contribution in [3.63, 3.8) is 0 Å². The largest absolute Gasteiger partial charge is 0.269 e. The van der Waals surface area contributed by atoms with Crippen molar-refractivity contribution in [2.24, 2.45) is 5.92 Å². The molecule has 2 nitrogen and oxygen atoms in total. The van der Waals surface area contributed by atoms with Crippen LogP contribution in [-0.4, -0.2) is 9.78 Å². The molecule has 0 radical (unpaired) electrons. The van der Waals surface area contributed by atoms with E-state index in [-0.39, 0.29) is 0 Å². The number of nitrogens with zero attached hydrogens (tertiary/aromatic N) is 2. The molecule has 0 saturated carbocycles. The second-order valence-corrected chi connectivity index (χ2v) is 3.97. The van der Waals surface area contributed by atoms with Gasteiger partial charge in [-0.15, -0.1) is 0 Å².